The Morgan fingerprint density at radius 3 is 2.71 bits per heavy atom. The van der Waals surface area contributed by atoms with Crippen LogP contribution in [0.25, 0.3) is 0 Å². The van der Waals surface area contributed by atoms with E-state index in [1.807, 2.05) is 25.1 Å². The lowest BCUT2D eigenvalue weighted by Gasteiger charge is -2.30. The second-order valence-electron chi connectivity index (χ2n) is 4.67. The lowest BCUT2D eigenvalue weighted by Crippen LogP contribution is -2.35. The first kappa shape index (κ1) is 13.5. The molecule has 1 aromatic rings. The third-order valence-electron chi connectivity index (χ3n) is 3.18. The molecule has 0 fully saturated rings. The van der Waals surface area contributed by atoms with Crippen LogP contribution in [-0.2, 0) is 0 Å². The molecule has 92 valence electrons. The number of aliphatic hydroxyl groups excluding tert-OH is 1. The van der Waals surface area contributed by atoms with E-state index in [4.69, 9.17) is 10.4 Å². The van der Waals surface area contributed by atoms with E-state index in [0.29, 0.717) is 12.0 Å². The van der Waals surface area contributed by atoms with Crippen LogP contribution < -0.4 is 5.32 Å². The summed E-state index contributed by atoms with van der Waals surface area (Å²) in [6.45, 7) is 6.28. The molecule has 1 unspecified atom stereocenters. The van der Waals surface area contributed by atoms with Crippen molar-refractivity contribution in [1.29, 1.82) is 5.26 Å². The van der Waals surface area contributed by atoms with Gasteiger partial charge in [0.15, 0.2) is 0 Å². The second-order valence-corrected chi connectivity index (χ2v) is 4.67. The van der Waals surface area contributed by atoms with Gasteiger partial charge in [-0.25, -0.2) is 0 Å². The van der Waals surface area contributed by atoms with Crippen molar-refractivity contribution in [1.82, 2.24) is 0 Å². The van der Waals surface area contributed by atoms with Gasteiger partial charge in [-0.05, 0) is 44.4 Å². The Bertz CT molecular complexity index is 423. The Balaban J connectivity index is 3.01. The molecule has 1 atom stereocenters. The summed E-state index contributed by atoms with van der Waals surface area (Å²) in [4.78, 5) is 0. The van der Waals surface area contributed by atoms with Gasteiger partial charge in [0.2, 0.25) is 0 Å². The molecule has 0 radical (unpaired) electrons. The Morgan fingerprint density at radius 1 is 1.47 bits per heavy atom. The summed E-state index contributed by atoms with van der Waals surface area (Å²) in [5.41, 5.74) is 2.45. The largest absolute Gasteiger partial charge is 0.396 e. The van der Waals surface area contributed by atoms with E-state index in [2.05, 4.69) is 25.2 Å². The van der Waals surface area contributed by atoms with Crippen LogP contribution in [0.1, 0.15) is 37.8 Å². The monoisotopic (exact) mass is 232 g/mol. The molecular formula is C14H20N2O. The van der Waals surface area contributed by atoms with E-state index < -0.39 is 0 Å². The van der Waals surface area contributed by atoms with Crippen LogP contribution in [0.15, 0.2) is 18.2 Å². The summed E-state index contributed by atoms with van der Waals surface area (Å²) < 4.78 is 0. The highest BCUT2D eigenvalue weighted by molar-refractivity contribution is 5.60. The highest BCUT2D eigenvalue weighted by atomic mass is 16.3. The molecule has 0 saturated heterocycles. The molecule has 17 heavy (non-hydrogen) atoms. The van der Waals surface area contributed by atoms with E-state index in [0.717, 1.165) is 17.7 Å². The van der Waals surface area contributed by atoms with E-state index in [9.17, 15) is 0 Å². The Hall–Kier alpha value is -1.53. The second kappa shape index (κ2) is 5.70. The Morgan fingerprint density at radius 2 is 2.18 bits per heavy atom. The van der Waals surface area contributed by atoms with Gasteiger partial charge in [-0.3, -0.25) is 0 Å². The van der Waals surface area contributed by atoms with Crippen molar-refractivity contribution in [2.45, 2.75) is 39.2 Å². The Kier molecular flexibility index (Phi) is 4.53. The van der Waals surface area contributed by atoms with E-state index in [-0.39, 0.29) is 12.1 Å². The van der Waals surface area contributed by atoms with Gasteiger partial charge >= 0.3 is 0 Å². The van der Waals surface area contributed by atoms with Gasteiger partial charge in [-0.15, -0.1) is 0 Å². The number of rotatable bonds is 5. The zero-order valence-corrected chi connectivity index (χ0v) is 10.7. The summed E-state index contributed by atoms with van der Waals surface area (Å²) in [5.74, 6) is 0. The summed E-state index contributed by atoms with van der Waals surface area (Å²) in [6, 6.07) is 7.92. The third kappa shape index (κ3) is 3.47. The van der Waals surface area contributed by atoms with Crippen molar-refractivity contribution < 1.29 is 5.11 Å². The molecule has 0 aromatic heterocycles. The zero-order valence-electron chi connectivity index (χ0n) is 10.7. The van der Waals surface area contributed by atoms with E-state index in [1.165, 1.54) is 0 Å². The topological polar surface area (TPSA) is 56.0 Å². The highest BCUT2D eigenvalue weighted by Gasteiger charge is 2.22. The molecule has 0 aliphatic rings. The van der Waals surface area contributed by atoms with Crippen molar-refractivity contribution in [3.63, 3.8) is 0 Å². The van der Waals surface area contributed by atoms with E-state index >= 15 is 0 Å². The summed E-state index contributed by atoms with van der Waals surface area (Å²) in [6.07, 6.45) is 1.56. The maximum atomic E-state index is 9.09. The number of aliphatic hydroxyl groups is 1. The standard InChI is InChI=1S/C14H20N2O/c1-4-14(3,7-8-17)16-13-9-11(2)5-6-12(13)10-15/h5-6,9,16-17H,4,7-8H2,1-3H3. The SMILES string of the molecule is CCC(C)(CCO)Nc1cc(C)ccc1C#N. The van der Waals surface area contributed by atoms with Gasteiger partial charge in [-0.2, -0.15) is 5.26 Å². The summed E-state index contributed by atoms with van der Waals surface area (Å²) >= 11 is 0. The number of hydrogen-bond donors (Lipinski definition) is 2. The van der Waals surface area contributed by atoms with Gasteiger partial charge in [0.1, 0.15) is 6.07 Å². The first-order chi connectivity index (χ1) is 8.04. The first-order valence-electron chi connectivity index (χ1n) is 5.94. The minimum absolute atomic E-state index is 0.144. The van der Waals surface area contributed by atoms with Crippen LogP contribution in [0.4, 0.5) is 5.69 Å². The molecule has 2 N–H and O–H groups in total. The fraction of sp³-hybridized carbons (Fsp3) is 0.500. The van der Waals surface area contributed by atoms with Crippen LogP contribution in [0.5, 0.6) is 0 Å². The number of aryl methyl sites for hydroxylation is 1. The number of anilines is 1. The zero-order chi connectivity index (χ0) is 12.9. The summed E-state index contributed by atoms with van der Waals surface area (Å²) in [5, 5.41) is 21.5. The number of nitrogens with zero attached hydrogens (tertiary/aromatic N) is 1. The molecular weight excluding hydrogens is 212 g/mol. The molecule has 3 nitrogen and oxygen atoms in total. The number of hydrogen-bond acceptors (Lipinski definition) is 3. The molecule has 0 heterocycles. The van der Waals surface area contributed by atoms with Gasteiger partial charge in [-0.1, -0.05) is 13.0 Å². The highest BCUT2D eigenvalue weighted by Crippen LogP contribution is 2.25. The van der Waals surface area contributed by atoms with Crippen LogP contribution in [-0.4, -0.2) is 17.3 Å². The molecule has 0 bridgehead atoms. The lowest BCUT2D eigenvalue weighted by atomic mass is 9.93. The van der Waals surface area contributed by atoms with Crippen molar-refractivity contribution in [2.75, 3.05) is 11.9 Å². The maximum absolute atomic E-state index is 9.09. The molecule has 0 amide bonds. The fourth-order valence-electron chi connectivity index (χ4n) is 1.76. The van der Waals surface area contributed by atoms with Crippen molar-refractivity contribution >= 4 is 5.69 Å². The number of nitrogens with one attached hydrogen (secondary N) is 1. The quantitative estimate of drug-likeness (QED) is 0.820. The van der Waals surface area contributed by atoms with Gasteiger partial charge < -0.3 is 10.4 Å². The summed E-state index contributed by atoms with van der Waals surface area (Å²) in [7, 11) is 0. The molecule has 0 aliphatic carbocycles. The predicted octanol–water partition coefficient (Wildman–Crippen LogP) is 2.83. The molecule has 3 heteroatoms. The van der Waals surface area contributed by atoms with E-state index in [1.54, 1.807) is 0 Å². The first-order valence-corrected chi connectivity index (χ1v) is 5.94. The fourth-order valence-corrected chi connectivity index (χ4v) is 1.76. The van der Waals surface area contributed by atoms with Crippen LogP contribution in [0.3, 0.4) is 0 Å². The van der Waals surface area contributed by atoms with Crippen LogP contribution >= 0.6 is 0 Å². The average Bonchev–Trinajstić information content (AvgIpc) is 2.29. The van der Waals surface area contributed by atoms with Gasteiger partial charge in [0.05, 0.1) is 11.3 Å². The van der Waals surface area contributed by atoms with Crippen molar-refractivity contribution in [3.8, 4) is 6.07 Å². The van der Waals surface area contributed by atoms with Gasteiger partial charge in [0.25, 0.3) is 0 Å². The molecule has 0 spiro atoms. The smallest absolute Gasteiger partial charge is 0.101 e. The molecule has 1 rings (SSSR count). The third-order valence-corrected chi connectivity index (χ3v) is 3.18. The number of nitriles is 1. The number of benzene rings is 1. The lowest BCUT2D eigenvalue weighted by molar-refractivity contribution is 0.252. The normalized spacial score (nSPS) is 13.8. The predicted molar refractivity (Wildman–Crippen MR) is 69.9 cm³/mol. The van der Waals surface area contributed by atoms with Crippen LogP contribution in [0, 0.1) is 18.3 Å². The van der Waals surface area contributed by atoms with Gasteiger partial charge in [0, 0.05) is 12.1 Å². The Labute approximate surface area is 103 Å². The minimum Gasteiger partial charge on any atom is -0.396 e. The van der Waals surface area contributed by atoms with Crippen molar-refractivity contribution in [3.05, 3.63) is 29.3 Å². The average molecular weight is 232 g/mol. The van der Waals surface area contributed by atoms with Crippen molar-refractivity contribution in [2.24, 2.45) is 0 Å². The molecule has 0 saturated carbocycles. The minimum atomic E-state index is -0.172. The van der Waals surface area contributed by atoms with Crippen LogP contribution in [0.2, 0.25) is 0 Å². The molecule has 1 aromatic carbocycles. The molecule has 0 aliphatic heterocycles. The maximum Gasteiger partial charge on any atom is 0.101 e.